The van der Waals surface area contributed by atoms with Crippen LogP contribution in [0.3, 0.4) is 0 Å². The number of hydrogen-bond acceptors (Lipinski definition) is 4. The molecule has 1 heterocycles. The molecule has 2 N–H and O–H groups in total. The summed E-state index contributed by atoms with van der Waals surface area (Å²) >= 11 is 5.86. The van der Waals surface area contributed by atoms with Crippen molar-refractivity contribution in [2.75, 3.05) is 18.9 Å². The normalized spacial score (nSPS) is 9.87. The van der Waals surface area contributed by atoms with Crippen molar-refractivity contribution in [3.8, 4) is 0 Å². The number of aryl methyl sites for hydroxylation is 2. The highest BCUT2D eigenvalue weighted by Gasteiger charge is 2.07. The summed E-state index contributed by atoms with van der Waals surface area (Å²) < 4.78 is 0. The Morgan fingerprint density at radius 1 is 1.33 bits per heavy atom. The van der Waals surface area contributed by atoms with Gasteiger partial charge in [-0.1, -0.05) is 11.6 Å². The number of carbonyl (C=O) groups is 1. The molecular weight excluding hydrogens is 216 g/mol. The summed E-state index contributed by atoms with van der Waals surface area (Å²) in [6, 6.07) is 0. The van der Waals surface area contributed by atoms with Crippen molar-refractivity contribution in [3.05, 3.63) is 16.5 Å². The molecule has 0 aliphatic carbocycles. The minimum Gasteiger partial charge on any atom is -0.358 e. The van der Waals surface area contributed by atoms with Crippen molar-refractivity contribution in [1.29, 1.82) is 0 Å². The summed E-state index contributed by atoms with van der Waals surface area (Å²) in [7, 11) is 1.57. The van der Waals surface area contributed by atoms with Gasteiger partial charge in [0.05, 0.1) is 17.9 Å². The zero-order valence-electron chi connectivity index (χ0n) is 8.89. The maximum Gasteiger partial charge on any atom is 0.239 e. The summed E-state index contributed by atoms with van der Waals surface area (Å²) in [5, 5.41) is 5.58. The first-order valence-corrected chi connectivity index (χ1v) is 4.87. The minimum atomic E-state index is -0.133. The smallest absolute Gasteiger partial charge is 0.239 e. The third-order valence-electron chi connectivity index (χ3n) is 1.96. The van der Waals surface area contributed by atoms with E-state index in [0.29, 0.717) is 5.82 Å². The molecule has 0 fully saturated rings. The fraction of sp³-hybridized carbons (Fsp3) is 0.444. The first-order valence-electron chi connectivity index (χ1n) is 4.49. The molecule has 82 valence electrons. The molecule has 0 bridgehead atoms. The van der Waals surface area contributed by atoms with Crippen LogP contribution in [0.1, 0.15) is 11.4 Å². The molecule has 0 aliphatic heterocycles. The van der Waals surface area contributed by atoms with Crippen LogP contribution in [0.2, 0.25) is 5.15 Å². The Balaban J connectivity index is 2.77. The Morgan fingerprint density at radius 3 is 2.53 bits per heavy atom. The van der Waals surface area contributed by atoms with Crippen molar-refractivity contribution in [2.45, 2.75) is 13.8 Å². The lowest BCUT2D eigenvalue weighted by Gasteiger charge is -2.08. The van der Waals surface area contributed by atoms with E-state index in [1.165, 1.54) is 0 Å². The van der Waals surface area contributed by atoms with Gasteiger partial charge in [0, 0.05) is 7.05 Å². The standard InChI is InChI=1S/C9H13ClN4O/c1-5-6(2)14-9(8(10)13-5)12-4-7(15)11-3/h4H2,1-3H3,(H,11,15)(H,12,14). The van der Waals surface area contributed by atoms with Gasteiger partial charge in [-0.05, 0) is 13.8 Å². The maximum absolute atomic E-state index is 11.0. The van der Waals surface area contributed by atoms with Gasteiger partial charge in [-0.15, -0.1) is 0 Å². The molecule has 5 nitrogen and oxygen atoms in total. The van der Waals surface area contributed by atoms with Gasteiger partial charge in [0.1, 0.15) is 0 Å². The fourth-order valence-electron chi connectivity index (χ4n) is 0.941. The average molecular weight is 229 g/mol. The van der Waals surface area contributed by atoms with Crippen LogP contribution in [0, 0.1) is 13.8 Å². The predicted molar refractivity (Wildman–Crippen MR) is 59.1 cm³/mol. The first kappa shape index (κ1) is 11.7. The highest BCUT2D eigenvalue weighted by atomic mass is 35.5. The molecule has 0 radical (unpaired) electrons. The number of halogens is 1. The molecule has 1 aromatic heterocycles. The molecule has 6 heteroatoms. The Kier molecular flexibility index (Phi) is 3.85. The van der Waals surface area contributed by atoms with Gasteiger partial charge in [-0.2, -0.15) is 0 Å². The molecule has 1 amide bonds. The van der Waals surface area contributed by atoms with E-state index in [-0.39, 0.29) is 17.6 Å². The van der Waals surface area contributed by atoms with Crippen LogP contribution in [0.15, 0.2) is 0 Å². The number of nitrogens with zero attached hydrogens (tertiary/aromatic N) is 2. The van der Waals surface area contributed by atoms with Gasteiger partial charge in [0.2, 0.25) is 5.91 Å². The second-order valence-corrected chi connectivity index (χ2v) is 3.42. The van der Waals surface area contributed by atoms with Crippen molar-refractivity contribution in [1.82, 2.24) is 15.3 Å². The summed E-state index contributed by atoms with van der Waals surface area (Å²) in [5.41, 5.74) is 1.57. The lowest BCUT2D eigenvalue weighted by atomic mass is 10.3. The van der Waals surface area contributed by atoms with Gasteiger partial charge in [-0.25, -0.2) is 9.97 Å². The molecule has 0 saturated heterocycles. The van der Waals surface area contributed by atoms with E-state index < -0.39 is 0 Å². The van der Waals surface area contributed by atoms with Crippen LogP contribution in [0.5, 0.6) is 0 Å². The second kappa shape index (κ2) is 4.93. The molecule has 0 aromatic carbocycles. The Morgan fingerprint density at radius 2 is 1.93 bits per heavy atom. The van der Waals surface area contributed by atoms with E-state index in [1.54, 1.807) is 7.05 Å². The second-order valence-electron chi connectivity index (χ2n) is 3.06. The first-order chi connectivity index (χ1) is 7.04. The van der Waals surface area contributed by atoms with E-state index >= 15 is 0 Å². The van der Waals surface area contributed by atoms with E-state index in [4.69, 9.17) is 11.6 Å². The van der Waals surface area contributed by atoms with Gasteiger partial charge < -0.3 is 10.6 Å². The molecule has 0 atom stereocenters. The number of anilines is 1. The third kappa shape index (κ3) is 3.06. The van der Waals surface area contributed by atoms with Gasteiger partial charge in [0.25, 0.3) is 0 Å². The SMILES string of the molecule is CNC(=O)CNc1nc(C)c(C)nc1Cl. The van der Waals surface area contributed by atoms with Gasteiger partial charge in [-0.3, -0.25) is 4.79 Å². The zero-order chi connectivity index (χ0) is 11.4. The topological polar surface area (TPSA) is 66.9 Å². The van der Waals surface area contributed by atoms with E-state index in [0.717, 1.165) is 11.4 Å². The number of rotatable bonds is 3. The summed E-state index contributed by atoms with van der Waals surface area (Å²) in [5.74, 6) is 0.300. The number of hydrogen-bond donors (Lipinski definition) is 2. The molecule has 1 aromatic rings. The maximum atomic E-state index is 11.0. The van der Waals surface area contributed by atoms with Crippen LogP contribution in [-0.4, -0.2) is 29.5 Å². The largest absolute Gasteiger partial charge is 0.358 e. The Labute approximate surface area is 93.3 Å². The number of likely N-dealkylation sites (N-methyl/N-ethyl adjacent to an activating group) is 1. The summed E-state index contributed by atoms with van der Waals surface area (Å²) in [4.78, 5) is 19.3. The summed E-state index contributed by atoms with van der Waals surface area (Å²) in [6.07, 6.45) is 0. The van der Waals surface area contributed by atoms with E-state index in [1.807, 2.05) is 13.8 Å². The monoisotopic (exact) mass is 228 g/mol. The number of amides is 1. The molecule has 0 aliphatic rings. The number of nitrogens with one attached hydrogen (secondary N) is 2. The van der Waals surface area contributed by atoms with Crippen molar-refractivity contribution in [2.24, 2.45) is 0 Å². The highest BCUT2D eigenvalue weighted by molar-refractivity contribution is 6.31. The number of carbonyl (C=O) groups excluding carboxylic acids is 1. The van der Waals surface area contributed by atoms with Crippen LogP contribution in [-0.2, 0) is 4.79 Å². The van der Waals surface area contributed by atoms with Crippen LogP contribution >= 0.6 is 11.6 Å². The quantitative estimate of drug-likeness (QED) is 0.807. The lowest BCUT2D eigenvalue weighted by molar-refractivity contribution is -0.118. The van der Waals surface area contributed by atoms with Crippen LogP contribution < -0.4 is 10.6 Å². The predicted octanol–water partition coefficient (Wildman–Crippen LogP) is 0.905. The molecule has 0 unspecified atom stereocenters. The average Bonchev–Trinajstić information content (AvgIpc) is 2.21. The van der Waals surface area contributed by atoms with Crippen molar-refractivity contribution >= 4 is 23.3 Å². The van der Waals surface area contributed by atoms with Gasteiger partial charge in [0.15, 0.2) is 11.0 Å². The van der Waals surface area contributed by atoms with Gasteiger partial charge >= 0.3 is 0 Å². The molecule has 0 saturated carbocycles. The third-order valence-corrected chi connectivity index (χ3v) is 2.22. The summed E-state index contributed by atoms with van der Waals surface area (Å²) in [6.45, 7) is 3.80. The number of aromatic nitrogens is 2. The van der Waals surface area contributed by atoms with Crippen LogP contribution in [0.4, 0.5) is 5.82 Å². The van der Waals surface area contributed by atoms with Crippen molar-refractivity contribution < 1.29 is 4.79 Å². The van der Waals surface area contributed by atoms with Crippen molar-refractivity contribution in [3.63, 3.8) is 0 Å². The highest BCUT2D eigenvalue weighted by Crippen LogP contribution is 2.17. The van der Waals surface area contributed by atoms with Crippen LogP contribution in [0.25, 0.3) is 0 Å². The Bertz CT molecular complexity index is 381. The van der Waals surface area contributed by atoms with E-state index in [2.05, 4.69) is 20.6 Å². The lowest BCUT2D eigenvalue weighted by Crippen LogP contribution is -2.26. The minimum absolute atomic E-state index is 0.132. The molecule has 1 rings (SSSR count). The molecule has 0 spiro atoms. The molecule has 15 heavy (non-hydrogen) atoms. The fourth-order valence-corrected chi connectivity index (χ4v) is 1.18. The Hall–Kier alpha value is -1.36. The zero-order valence-corrected chi connectivity index (χ0v) is 9.64. The van der Waals surface area contributed by atoms with E-state index in [9.17, 15) is 4.79 Å². The molecular formula is C9H13ClN4O.